The van der Waals surface area contributed by atoms with Crippen molar-refractivity contribution < 1.29 is 32.8 Å². The second-order valence-corrected chi connectivity index (χ2v) is 5.16. The summed E-state index contributed by atoms with van der Waals surface area (Å²) in [6.45, 7) is -3.38. The third-order valence-corrected chi connectivity index (χ3v) is 3.34. The number of cyclic esters (lactones) is 1. The molecule has 1 aliphatic rings. The molecule has 124 valence electrons. The van der Waals surface area contributed by atoms with Gasteiger partial charge in [0.05, 0.1) is 7.45 Å². The van der Waals surface area contributed by atoms with Crippen LogP contribution in [0.3, 0.4) is 0 Å². The van der Waals surface area contributed by atoms with Crippen LogP contribution in [0.2, 0.25) is 0 Å². The van der Waals surface area contributed by atoms with Gasteiger partial charge in [0.25, 0.3) is 0 Å². The van der Waals surface area contributed by atoms with Crippen LogP contribution in [0.15, 0.2) is 18.2 Å². The molecule has 1 aliphatic heterocycles. The van der Waals surface area contributed by atoms with Crippen LogP contribution in [0.25, 0.3) is 6.08 Å². The molecular formula is C18H22O5. The molecule has 0 fully saturated rings. The van der Waals surface area contributed by atoms with Crippen LogP contribution in [-0.2, 0) is 9.53 Å². The van der Waals surface area contributed by atoms with Gasteiger partial charge in [0.1, 0.15) is 22.8 Å². The van der Waals surface area contributed by atoms with Crippen molar-refractivity contribution in [1.29, 1.82) is 0 Å². The standard InChI is InChI=1S/C18H22O5/c1-12-6-5-9-14(19)8-4-2-3-7-13-10-15(20)11-16(21)17(13)18(22)23-12/h3,7,10-12,20-21H,2,4-6,8-9H2,1H3/i1D3,6D2,12D. The molecule has 5 nitrogen and oxygen atoms in total. The van der Waals surface area contributed by atoms with Crippen LogP contribution in [-0.4, -0.2) is 28.0 Å². The summed E-state index contributed by atoms with van der Waals surface area (Å²) in [5, 5.41) is 19.8. The second kappa shape index (κ2) is 7.81. The Morgan fingerprint density at radius 1 is 1.30 bits per heavy atom. The number of aromatic hydroxyl groups is 2. The van der Waals surface area contributed by atoms with Crippen molar-refractivity contribution in [3.8, 4) is 11.5 Å². The Hall–Kier alpha value is -2.30. The zero-order chi connectivity index (χ0) is 22.0. The summed E-state index contributed by atoms with van der Waals surface area (Å²) in [6.07, 6.45) is -3.11. The van der Waals surface area contributed by atoms with Gasteiger partial charge in [-0.25, -0.2) is 4.79 Å². The number of allylic oxidation sites excluding steroid dienone is 1. The molecule has 0 aromatic heterocycles. The molecule has 0 saturated carbocycles. The summed E-state index contributed by atoms with van der Waals surface area (Å²) in [4.78, 5) is 24.7. The lowest BCUT2D eigenvalue weighted by molar-refractivity contribution is -0.119. The van der Waals surface area contributed by atoms with Crippen molar-refractivity contribution in [3.05, 3.63) is 29.3 Å². The zero-order valence-corrected chi connectivity index (χ0v) is 12.5. The second-order valence-electron chi connectivity index (χ2n) is 5.16. The van der Waals surface area contributed by atoms with Gasteiger partial charge >= 0.3 is 5.97 Å². The number of phenols is 2. The largest absolute Gasteiger partial charge is 0.508 e. The van der Waals surface area contributed by atoms with Gasteiger partial charge in [-0.2, -0.15) is 0 Å². The molecule has 0 spiro atoms. The third-order valence-electron chi connectivity index (χ3n) is 3.34. The van der Waals surface area contributed by atoms with E-state index in [1.165, 1.54) is 6.08 Å². The molecule has 0 aliphatic carbocycles. The van der Waals surface area contributed by atoms with Crippen LogP contribution in [0, 0.1) is 0 Å². The summed E-state index contributed by atoms with van der Waals surface area (Å²) in [5.41, 5.74) is -0.492. The number of ketones is 1. The SMILES string of the molecule is [2H]C([2H])([2H])C1([2H])OC(=O)c2c(O)cc(O)cc2C=CCCCC(=O)CCC1([2H])[2H]. The fraction of sp³-hybridized carbons (Fsp3) is 0.444. The molecular weight excluding hydrogens is 296 g/mol. The maximum atomic E-state index is 12.7. The number of hydrogen-bond acceptors (Lipinski definition) is 5. The Balaban J connectivity index is 2.62. The molecule has 2 rings (SSSR count). The Labute approximate surface area is 144 Å². The fourth-order valence-electron chi connectivity index (χ4n) is 2.23. The first-order valence-corrected chi connectivity index (χ1v) is 7.26. The van der Waals surface area contributed by atoms with Gasteiger partial charge in [-0.3, -0.25) is 4.79 Å². The van der Waals surface area contributed by atoms with Gasteiger partial charge in [-0.15, -0.1) is 0 Å². The van der Waals surface area contributed by atoms with Crippen molar-refractivity contribution in [2.24, 2.45) is 0 Å². The Morgan fingerprint density at radius 2 is 2.09 bits per heavy atom. The first-order chi connectivity index (χ1) is 13.3. The first kappa shape index (κ1) is 10.5. The van der Waals surface area contributed by atoms with Gasteiger partial charge < -0.3 is 14.9 Å². The van der Waals surface area contributed by atoms with Crippen molar-refractivity contribution in [3.63, 3.8) is 0 Å². The molecule has 0 amide bonds. The lowest BCUT2D eigenvalue weighted by atomic mass is 10.0. The molecule has 1 atom stereocenters. The number of carbonyl (C=O) groups is 2. The lowest BCUT2D eigenvalue weighted by Gasteiger charge is -2.15. The quantitative estimate of drug-likeness (QED) is 0.713. The van der Waals surface area contributed by atoms with Crippen molar-refractivity contribution in [1.82, 2.24) is 0 Å². The van der Waals surface area contributed by atoms with E-state index < -0.39 is 43.0 Å². The topological polar surface area (TPSA) is 83.8 Å². The van der Waals surface area contributed by atoms with Crippen LogP contribution < -0.4 is 0 Å². The van der Waals surface area contributed by atoms with E-state index in [-0.39, 0.29) is 29.9 Å². The number of hydrogen-bond donors (Lipinski definition) is 2. The number of fused-ring (bicyclic) bond motifs is 1. The summed E-state index contributed by atoms with van der Waals surface area (Å²) >= 11 is 0. The fourth-order valence-corrected chi connectivity index (χ4v) is 2.23. The van der Waals surface area contributed by atoms with E-state index in [1.807, 2.05) is 0 Å². The number of benzene rings is 1. The minimum absolute atomic E-state index is 0.00402. The zero-order valence-electron chi connectivity index (χ0n) is 18.5. The Kier molecular flexibility index (Phi) is 3.56. The molecule has 2 N–H and O–H groups in total. The van der Waals surface area contributed by atoms with E-state index in [0.717, 1.165) is 12.1 Å². The molecule has 1 aromatic rings. The molecule has 1 heterocycles. The highest BCUT2D eigenvalue weighted by atomic mass is 16.5. The van der Waals surface area contributed by atoms with E-state index in [2.05, 4.69) is 0 Å². The number of ether oxygens (including phenoxy) is 1. The average Bonchev–Trinajstić information content (AvgIpc) is 2.57. The number of phenolic OH excluding ortho intramolecular Hbond substituents is 2. The van der Waals surface area contributed by atoms with Crippen molar-refractivity contribution >= 4 is 17.8 Å². The van der Waals surface area contributed by atoms with E-state index >= 15 is 0 Å². The van der Waals surface area contributed by atoms with Gasteiger partial charge in [0, 0.05) is 25.8 Å². The first-order valence-electron chi connectivity index (χ1n) is 10.3. The highest BCUT2D eigenvalue weighted by Gasteiger charge is 2.20. The third kappa shape index (κ3) is 4.84. The van der Waals surface area contributed by atoms with Gasteiger partial charge in [-0.05, 0) is 44.1 Å². The summed E-state index contributed by atoms with van der Waals surface area (Å²) < 4.78 is 52.0. The molecule has 0 bridgehead atoms. The number of Topliss-reactive ketones (excluding diaryl/α,β-unsaturated/α-hetero) is 1. The number of rotatable bonds is 0. The molecule has 5 heteroatoms. The van der Waals surface area contributed by atoms with Crippen LogP contribution in [0.5, 0.6) is 11.5 Å². The van der Waals surface area contributed by atoms with Crippen LogP contribution in [0.4, 0.5) is 0 Å². The Bertz CT molecular complexity index is 833. The highest BCUT2D eigenvalue weighted by molar-refractivity contribution is 5.97. The summed E-state index contributed by atoms with van der Waals surface area (Å²) in [5.74, 6) is -2.79. The molecule has 0 saturated heterocycles. The summed E-state index contributed by atoms with van der Waals surface area (Å²) in [7, 11) is 0. The molecule has 1 unspecified atom stereocenters. The van der Waals surface area contributed by atoms with Crippen LogP contribution in [0.1, 0.15) is 69.5 Å². The minimum atomic E-state index is -3.38. The smallest absolute Gasteiger partial charge is 0.342 e. The van der Waals surface area contributed by atoms with Crippen LogP contribution >= 0.6 is 0 Å². The maximum absolute atomic E-state index is 12.7. The van der Waals surface area contributed by atoms with E-state index in [4.69, 9.17) is 13.0 Å². The normalized spacial score (nSPS) is 30.3. The summed E-state index contributed by atoms with van der Waals surface area (Å²) in [6, 6.07) is 1.99. The van der Waals surface area contributed by atoms with E-state index in [1.54, 1.807) is 6.08 Å². The maximum Gasteiger partial charge on any atom is 0.342 e. The van der Waals surface area contributed by atoms with Gasteiger partial charge in [0.15, 0.2) is 0 Å². The number of esters is 1. The monoisotopic (exact) mass is 324 g/mol. The molecule has 23 heavy (non-hydrogen) atoms. The van der Waals surface area contributed by atoms with E-state index in [0.29, 0.717) is 12.8 Å². The Morgan fingerprint density at radius 3 is 2.87 bits per heavy atom. The lowest BCUT2D eigenvalue weighted by Crippen LogP contribution is -2.16. The average molecular weight is 324 g/mol. The predicted octanol–water partition coefficient (Wildman–Crippen LogP) is 3.58. The van der Waals surface area contributed by atoms with Crippen molar-refractivity contribution in [2.75, 3.05) is 0 Å². The predicted molar refractivity (Wildman–Crippen MR) is 86.4 cm³/mol. The number of carbonyl (C=O) groups excluding carboxylic acids is 2. The van der Waals surface area contributed by atoms with E-state index in [9.17, 15) is 19.8 Å². The molecule has 1 aromatic carbocycles. The molecule has 0 radical (unpaired) electrons. The highest BCUT2D eigenvalue weighted by Crippen LogP contribution is 2.29. The van der Waals surface area contributed by atoms with Gasteiger partial charge in [0.2, 0.25) is 0 Å². The van der Waals surface area contributed by atoms with Gasteiger partial charge in [-0.1, -0.05) is 12.2 Å². The van der Waals surface area contributed by atoms with Crippen molar-refractivity contribution in [2.45, 2.75) is 51.4 Å². The minimum Gasteiger partial charge on any atom is -0.508 e.